The van der Waals surface area contributed by atoms with Crippen molar-refractivity contribution < 1.29 is 0 Å². The molecular weight excluding hydrogens is 340 g/mol. The second-order valence-electron chi connectivity index (χ2n) is 8.86. The molecule has 0 saturated carbocycles. The maximum atomic E-state index is 2.44. The van der Waals surface area contributed by atoms with Crippen LogP contribution in [0.1, 0.15) is 55.5 Å². The SMILES string of the molecule is CC1=C(C)C(Cc2ccc(C)cc2C)([SiH2]c2cc(C)cc(C)c2)C(C)=C1C. The minimum absolute atomic E-state index is 0.231. The molecule has 1 heteroatoms. The summed E-state index contributed by atoms with van der Waals surface area (Å²) in [6.45, 7) is 18.4. The molecule has 0 aliphatic heterocycles. The highest BCUT2D eigenvalue weighted by molar-refractivity contribution is 6.59. The minimum atomic E-state index is -0.528. The Bertz CT molecular complexity index is 912. The summed E-state index contributed by atoms with van der Waals surface area (Å²) in [5.74, 6) is 0. The van der Waals surface area contributed by atoms with Gasteiger partial charge < -0.3 is 0 Å². The Kier molecular flexibility index (Phi) is 5.36. The van der Waals surface area contributed by atoms with Gasteiger partial charge in [0.15, 0.2) is 0 Å². The van der Waals surface area contributed by atoms with E-state index in [1.807, 2.05) is 0 Å². The zero-order valence-electron chi connectivity index (χ0n) is 18.4. The number of aryl methyl sites for hydroxylation is 4. The van der Waals surface area contributed by atoms with Crippen LogP contribution in [0.2, 0.25) is 5.04 Å². The number of hydrogen-bond acceptors (Lipinski definition) is 0. The van der Waals surface area contributed by atoms with Gasteiger partial charge in [0.05, 0.1) is 9.52 Å². The largest absolute Gasteiger partial charge is 0.0713 e. The van der Waals surface area contributed by atoms with Crippen LogP contribution >= 0.6 is 0 Å². The topological polar surface area (TPSA) is 0 Å². The van der Waals surface area contributed by atoms with Gasteiger partial charge >= 0.3 is 0 Å². The Hall–Kier alpha value is -1.86. The van der Waals surface area contributed by atoms with Crippen molar-refractivity contribution in [2.24, 2.45) is 0 Å². The van der Waals surface area contributed by atoms with E-state index in [2.05, 4.69) is 91.8 Å². The lowest BCUT2D eigenvalue weighted by molar-refractivity contribution is 0.732. The number of rotatable bonds is 4. The molecule has 0 atom stereocenters. The summed E-state index contributed by atoms with van der Waals surface area (Å²) < 4.78 is 0. The van der Waals surface area contributed by atoms with Crippen LogP contribution in [0.3, 0.4) is 0 Å². The van der Waals surface area contributed by atoms with Gasteiger partial charge in [-0.05, 0) is 84.1 Å². The van der Waals surface area contributed by atoms with Gasteiger partial charge in [-0.2, -0.15) is 0 Å². The molecule has 1 aliphatic carbocycles. The van der Waals surface area contributed by atoms with Crippen molar-refractivity contribution in [3.63, 3.8) is 0 Å². The fourth-order valence-corrected chi connectivity index (χ4v) is 8.04. The third-order valence-corrected chi connectivity index (χ3v) is 9.63. The van der Waals surface area contributed by atoms with Crippen LogP contribution < -0.4 is 5.19 Å². The van der Waals surface area contributed by atoms with Crippen LogP contribution in [0, 0.1) is 27.7 Å². The van der Waals surface area contributed by atoms with E-state index in [0.29, 0.717) is 0 Å². The summed E-state index contributed by atoms with van der Waals surface area (Å²) >= 11 is 0. The molecule has 0 heterocycles. The molecule has 2 aromatic rings. The molecule has 3 rings (SSSR count). The van der Waals surface area contributed by atoms with Crippen molar-refractivity contribution >= 4 is 14.7 Å². The molecular formula is C26H34Si. The molecule has 0 amide bonds. The molecule has 0 unspecified atom stereocenters. The third kappa shape index (κ3) is 3.62. The standard InChI is InChI=1S/C26H34Si/c1-16-9-10-24(19(4)12-16)15-26(22(7)20(5)21(6)23(26)8)27-25-13-17(2)11-18(3)14-25/h9-14H,15,27H2,1-8H3. The van der Waals surface area contributed by atoms with Gasteiger partial charge in [0.25, 0.3) is 0 Å². The Morgan fingerprint density at radius 3 is 1.74 bits per heavy atom. The first-order chi connectivity index (χ1) is 12.6. The monoisotopic (exact) mass is 374 g/mol. The molecule has 0 bridgehead atoms. The average molecular weight is 375 g/mol. The molecule has 0 nitrogen and oxygen atoms in total. The molecule has 0 spiro atoms. The minimum Gasteiger partial charge on any atom is -0.0650 e. The summed E-state index contributed by atoms with van der Waals surface area (Å²) in [4.78, 5) is 0. The van der Waals surface area contributed by atoms with Crippen molar-refractivity contribution in [1.82, 2.24) is 0 Å². The first-order valence-corrected chi connectivity index (χ1v) is 11.5. The maximum Gasteiger partial charge on any atom is 0.0713 e. The highest BCUT2D eigenvalue weighted by atomic mass is 28.2. The Morgan fingerprint density at radius 2 is 1.22 bits per heavy atom. The van der Waals surface area contributed by atoms with Gasteiger partial charge in [0.1, 0.15) is 0 Å². The van der Waals surface area contributed by atoms with Crippen LogP contribution in [0.5, 0.6) is 0 Å². The molecule has 27 heavy (non-hydrogen) atoms. The van der Waals surface area contributed by atoms with Gasteiger partial charge in [0, 0.05) is 5.04 Å². The van der Waals surface area contributed by atoms with Gasteiger partial charge in [-0.15, -0.1) is 0 Å². The van der Waals surface area contributed by atoms with E-state index in [1.54, 1.807) is 16.3 Å². The summed E-state index contributed by atoms with van der Waals surface area (Å²) in [5, 5.41) is 1.83. The summed E-state index contributed by atoms with van der Waals surface area (Å²) in [7, 11) is -0.528. The molecule has 142 valence electrons. The molecule has 0 N–H and O–H groups in total. The van der Waals surface area contributed by atoms with E-state index in [-0.39, 0.29) is 5.04 Å². The second kappa shape index (κ2) is 7.28. The molecule has 0 saturated heterocycles. The van der Waals surface area contributed by atoms with Gasteiger partial charge in [0.2, 0.25) is 0 Å². The van der Waals surface area contributed by atoms with Gasteiger partial charge in [-0.3, -0.25) is 0 Å². The Balaban J connectivity index is 2.13. The van der Waals surface area contributed by atoms with E-state index in [4.69, 9.17) is 0 Å². The summed E-state index contributed by atoms with van der Waals surface area (Å²) in [6, 6.07) is 14.2. The number of hydrogen-bond donors (Lipinski definition) is 0. The molecule has 0 radical (unpaired) electrons. The summed E-state index contributed by atoms with van der Waals surface area (Å²) in [6.07, 6.45) is 1.14. The van der Waals surface area contributed by atoms with Crippen LogP contribution in [0.15, 0.2) is 58.7 Å². The van der Waals surface area contributed by atoms with E-state index in [9.17, 15) is 0 Å². The quantitative estimate of drug-likeness (QED) is 0.593. The highest BCUT2D eigenvalue weighted by Gasteiger charge is 2.41. The van der Waals surface area contributed by atoms with Crippen LogP contribution in [-0.4, -0.2) is 9.52 Å². The van der Waals surface area contributed by atoms with Crippen molar-refractivity contribution in [3.05, 3.63) is 86.5 Å². The Labute approximate surface area is 168 Å². The lowest BCUT2D eigenvalue weighted by Gasteiger charge is -2.35. The predicted octanol–water partition coefficient (Wildman–Crippen LogP) is 5.80. The van der Waals surface area contributed by atoms with Crippen molar-refractivity contribution in [2.75, 3.05) is 0 Å². The lowest BCUT2D eigenvalue weighted by Crippen LogP contribution is -2.33. The van der Waals surface area contributed by atoms with E-state index in [1.165, 1.54) is 39.0 Å². The zero-order valence-corrected chi connectivity index (χ0v) is 19.8. The van der Waals surface area contributed by atoms with Gasteiger partial charge in [-0.1, -0.05) is 69.4 Å². The lowest BCUT2D eigenvalue weighted by atomic mass is 9.86. The second-order valence-corrected chi connectivity index (χ2v) is 11.2. The van der Waals surface area contributed by atoms with Crippen LogP contribution in [0.4, 0.5) is 0 Å². The van der Waals surface area contributed by atoms with Crippen LogP contribution in [0.25, 0.3) is 0 Å². The highest BCUT2D eigenvalue weighted by Crippen LogP contribution is 2.54. The first-order valence-electron chi connectivity index (χ1n) is 10.1. The number of allylic oxidation sites excluding steroid dienone is 4. The predicted molar refractivity (Wildman–Crippen MR) is 123 cm³/mol. The smallest absolute Gasteiger partial charge is 0.0650 e. The van der Waals surface area contributed by atoms with Gasteiger partial charge in [-0.25, -0.2) is 0 Å². The fourth-order valence-electron chi connectivity index (χ4n) is 5.04. The van der Waals surface area contributed by atoms with E-state index in [0.717, 1.165) is 6.42 Å². The van der Waals surface area contributed by atoms with Crippen molar-refractivity contribution in [3.8, 4) is 0 Å². The normalized spacial score (nSPS) is 16.9. The number of benzene rings is 2. The van der Waals surface area contributed by atoms with Crippen molar-refractivity contribution in [1.29, 1.82) is 0 Å². The summed E-state index contributed by atoms with van der Waals surface area (Å²) in [5.41, 5.74) is 13.4. The molecule has 2 aromatic carbocycles. The zero-order chi connectivity index (χ0) is 19.9. The average Bonchev–Trinajstić information content (AvgIpc) is 2.73. The van der Waals surface area contributed by atoms with Crippen molar-refractivity contribution in [2.45, 2.75) is 66.8 Å². The Morgan fingerprint density at radius 1 is 0.667 bits per heavy atom. The van der Waals surface area contributed by atoms with E-state index >= 15 is 0 Å². The third-order valence-electron chi connectivity index (χ3n) is 6.90. The maximum absolute atomic E-state index is 2.44. The molecule has 1 aliphatic rings. The molecule has 0 fully saturated rings. The van der Waals surface area contributed by atoms with E-state index < -0.39 is 9.52 Å². The first kappa shape index (κ1) is 19.9. The van der Waals surface area contributed by atoms with Crippen LogP contribution in [-0.2, 0) is 6.42 Å². The molecule has 0 aromatic heterocycles. The fraction of sp³-hybridized carbons (Fsp3) is 0.385.